The van der Waals surface area contributed by atoms with Crippen molar-refractivity contribution < 1.29 is 32.3 Å². The van der Waals surface area contributed by atoms with Crippen molar-refractivity contribution in [3.05, 3.63) is 42.5 Å². The molecule has 2 aliphatic heterocycles. The van der Waals surface area contributed by atoms with E-state index in [-0.39, 0.29) is 18.0 Å². The molecule has 4 rings (SSSR count). The Bertz CT molecular complexity index is 1310. The third-order valence-electron chi connectivity index (χ3n) is 7.58. The minimum Gasteiger partial charge on any atom is -0.444 e. The number of para-hydroxylation sites is 1. The summed E-state index contributed by atoms with van der Waals surface area (Å²) < 4.78 is 35.3. The predicted molar refractivity (Wildman–Crippen MR) is 156 cm³/mol. The zero-order chi connectivity index (χ0) is 30.5. The highest BCUT2D eigenvalue weighted by Gasteiger charge is 2.61. The van der Waals surface area contributed by atoms with Crippen LogP contribution in [0.15, 0.2) is 42.5 Å². The molecule has 2 fully saturated rings. The summed E-state index contributed by atoms with van der Waals surface area (Å²) in [7, 11) is -4.28. The summed E-state index contributed by atoms with van der Waals surface area (Å²) in [5, 5.41) is 5.50. The van der Waals surface area contributed by atoms with Gasteiger partial charge in [0.1, 0.15) is 23.2 Å². The molecule has 12 nitrogen and oxygen atoms in total. The number of nitrogens with one attached hydrogen (secondary N) is 4. The Labute approximate surface area is 247 Å². The van der Waals surface area contributed by atoms with Crippen molar-refractivity contribution >= 4 is 39.7 Å². The Hall–Kier alpha value is -3.61. The van der Waals surface area contributed by atoms with Crippen LogP contribution in [0, 0.1) is 5.92 Å². The molecule has 230 valence electrons. The minimum absolute atomic E-state index is 0.228. The van der Waals surface area contributed by atoms with E-state index in [2.05, 4.69) is 20.1 Å². The van der Waals surface area contributed by atoms with Gasteiger partial charge in [-0.25, -0.2) is 9.52 Å². The molecule has 0 unspecified atom stereocenters. The summed E-state index contributed by atoms with van der Waals surface area (Å²) in [5.41, 5.74) is -1.93. The summed E-state index contributed by atoms with van der Waals surface area (Å²) in [6, 6.07) is 6.41. The van der Waals surface area contributed by atoms with E-state index in [4.69, 9.17) is 4.74 Å². The molecule has 3 aliphatic rings. The van der Waals surface area contributed by atoms with E-state index in [1.165, 1.54) is 4.90 Å². The van der Waals surface area contributed by atoms with Crippen LogP contribution in [0.2, 0.25) is 0 Å². The minimum atomic E-state index is -4.28. The fourth-order valence-corrected chi connectivity index (χ4v) is 6.37. The summed E-state index contributed by atoms with van der Waals surface area (Å²) in [5.74, 6) is -2.16. The summed E-state index contributed by atoms with van der Waals surface area (Å²) in [6.07, 6.45) is 7.68. The molecule has 4 N–H and O–H groups in total. The number of rotatable bonds is 5. The third kappa shape index (κ3) is 8.02. The quantitative estimate of drug-likeness (QED) is 0.376. The Morgan fingerprint density at radius 2 is 1.79 bits per heavy atom. The Kier molecular flexibility index (Phi) is 9.49. The molecule has 0 spiro atoms. The van der Waals surface area contributed by atoms with Gasteiger partial charge in [0, 0.05) is 12.5 Å². The molecule has 13 heteroatoms. The predicted octanol–water partition coefficient (Wildman–Crippen LogP) is 2.74. The molecule has 42 heavy (non-hydrogen) atoms. The van der Waals surface area contributed by atoms with Crippen molar-refractivity contribution in [1.82, 2.24) is 20.3 Å². The number of carbonyl (C=O) groups excluding carboxylic acids is 4. The number of allylic oxidation sites excluding steroid dienone is 1. The van der Waals surface area contributed by atoms with Gasteiger partial charge in [-0.3, -0.25) is 19.1 Å². The van der Waals surface area contributed by atoms with Crippen LogP contribution < -0.4 is 20.1 Å². The molecule has 1 saturated carbocycles. The van der Waals surface area contributed by atoms with E-state index >= 15 is 0 Å². The summed E-state index contributed by atoms with van der Waals surface area (Å²) >= 11 is 0. The molecule has 1 aromatic rings. The van der Waals surface area contributed by atoms with Crippen molar-refractivity contribution in [3.63, 3.8) is 0 Å². The first-order valence-electron chi connectivity index (χ1n) is 14.5. The number of carbonyl (C=O) groups is 4. The van der Waals surface area contributed by atoms with Crippen LogP contribution >= 0.6 is 0 Å². The summed E-state index contributed by atoms with van der Waals surface area (Å²) in [6.45, 7) is 5.53. The van der Waals surface area contributed by atoms with Crippen molar-refractivity contribution in [2.45, 2.75) is 95.4 Å². The maximum atomic E-state index is 13.7. The first-order chi connectivity index (χ1) is 19.8. The van der Waals surface area contributed by atoms with E-state index in [1.54, 1.807) is 51.1 Å². The van der Waals surface area contributed by atoms with E-state index < -0.39 is 57.3 Å². The van der Waals surface area contributed by atoms with Gasteiger partial charge in [0.2, 0.25) is 11.8 Å². The maximum Gasteiger partial charge on any atom is 0.408 e. The number of fused-ring (bicyclic) bond motifs is 2. The molecule has 4 atom stereocenters. The second-order valence-electron chi connectivity index (χ2n) is 12.1. The van der Waals surface area contributed by atoms with Gasteiger partial charge in [-0.15, -0.1) is 0 Å². The number of benzene rings is 1. The molecule has 4 amide bonds. The van der Waals surface area contributed by atoms with E-state index in [9.17, 15) is 27.6 Å². The molecule has 2 heterocycles. The largest absolute Gasteiger partial charge is 0.444 e. The van der Waals surface area contributed by atoms with Gasteiger partial charge in [-0.1, -0.05) is 43.2 Å². The lowest BCUT2D eigenvalue weighted by Crippen LogP contribution is -2.58. The van der Waals surface area contributed by atoms with Crippen LogP contribution in [0.3, 0.4) is 0 Å². The molecule has 0 aromatic heterocycles. The Morgan fingerprint density at radius 1 is 1.05 bits per heavy atom. The average molecular weight is 604 g/mol. The van der Waals surface area contributed by atoms with Crippen LogP contribution in [-0.4, -0.2) is 66.9 Å². The van der Waals surface area contributed by atoms with Gasteiger partial charge < -0.3 is 20.3 Å². The number of amides is 4. The van der Waals surface area contributed by atoms with Gasteiger partial charge in [-0.2, -0.15) is 8.42 Å². The lowest BCUT2D eigenvalue weighted by Gasteiger charge is -2.30. The smallest absolute Gasteiger partial charge is 0.408 e. The highest BCUT2D eigenvalue weighted by molar-refractivity contribution is 7.91. The molecular weight excluding hydrogens is 562 g/mol. The zero-order valence-electron chi connectivity index (χ0n) is 24.4. The van der Waals surface area contributed by atoms with E-state index in [1.807, 2.05) is 12.2 Å². The second kappa shape index (κ2) is 12.7. The first kappa shape index (κ1) is 31.3. The molecule has 1 aliphatic carbocycles. The van der Waals surface area contributed by atoms with E-state index in [0.29, 0.717) is 38.6 Å². The van der Waals surface area contributed by atoms with Crippen molar-refractivity contribution in [2.75, 3.05) is 11.3 Å². The molecule has 1 aromatic carbocycles. The van der Waals surface area contributed by atoms with Crippen LogP contribution in [0.25, 0.3) is 0 Å². The van der Waals surface area contributed by atoms with Gasteiger partial charge >= 0.3 is 16.3 Å². The molecule has 0 radical (unpaired) electrons. The lowest BCUT2D eigenvalue weighted by atomic mass is 10.0. The summed E-state index contributed by atoms with van der Waals surface area (Å²) in [4.78, 5) is 54.7. The number of hydrogen-bond donors (Lipinski definition) is 4. The topological polar surface area (TPSA) is 163 Å². The van der Waals surface area contributed by atoms with Crippen molar-refractivity contribution in [2.24, 2.45) is 5.92 Å². The first-order valence-corrected chi connectivity index (χ1v) is 16.0. The molecule has 0 bridgehead atoms. The maximum absolute atomic E-state index is 13.7. The third-order valence-corrected chi connectivity index (χ3v) is 8.54. The number of nitrogens with zero attached hydrogens (tertiary/aromatic N) is 1. The monoisotopic (exact) mass is 603 g/mol. The van der Waals surface area contributed by atoms with Crippen LogP contribution in [0.4, 0.5) is 10.5 Å². The SMILES string of the molecule is CC(C)(C)OC(=O)N[C@H]1CCCCC/C=C\[C@@H]2C[C@@]2(C(=O)NS(=O)(=O)Nc2ccccc2)NC(=O)[C@@H]2CCCN2C1=O. The van der Waals surface area contributed by atoms with Gasteiger partial charge in [-0.05, 0) is 71.4 Å². The van der Waals surface area contributed by atoms with Crippen LogP contribution in [0.5, 0.6) is 0 Å². The molecule has 1 saturated heterocycles. The Balaban J connectivity index is 1.53. The number of hydrogen-bond acceptors (Lipinski definition) is 7. The standard InChI is InChI=1S/C29H41N5O7S/c1-28(2,3)41-27(38)30-22-16-11-6-4-5-8-13-20-19-29(20,31-24(35)23-17-12-18-34(23)25(22)36)26(37)33-42(39,40)32-21-14-9-7-10-15-21/h7-10,13-15,20,22-23,32H,4-6,11-12,16-19H2,1-3H3,(H,30,38)(H,31,35)(H,33,37)/b13-8-/t20-,22+,23+,29-/m1/s1. The fourth-order valence-electron chi connectivity index (χ4n) is 5.44. The van der Waals surface area contributed by atoms with Crippen molar-refractivity contribution in [3.8, 4) is 0 Å². The number of alkyl carbamates (subject to hydrolysis) is 1. The highest BCUT2D eigenvalue weighted by atomic mass is 32.2. The van der Waals surface area contributed by atoms with Crippen molar-refractivity contribution in [1.29, 1.82) is 0 Å². The normalized spacial score (nSPS) is 27.7. The van der Waals surface area contributed by atoms with Gasteiger partial charge in [0.05, 0.1) is 5.69 Å². The highest BCUT2D eigenvalue weighted by Crippen LogP contribution is 2.45. The fraction of sp³-hybridized carbons (Fsp3) is 0.586. The van der Waals surface area contributed by atoms with Gasteiger partial charge in [0.25, 0.3) is 5.91 Å². The second-order valence-corrected chi connectivity index (χ2v) is 13.5. The lowest BCUT2D eigenvalue weighted by molar-refractivity contribution is -0.141. The molecular formula is C29H41N5O7S. The zero-order valence-corrected chi connectivity index (χ0v) is 25.2. The Morgan fingerprint density at radius 3 is 2.50 bits per heavy atom. The van der Waals surface area contributed by atoms with Crippen LogP contribution in [-0.2, 0) is 29.3 Å². The number of anilines is 1. The number of ether oxygens (including phenoxy) is 1. The average Bonchev–Trinajstić information content (AvgIpc) is 3.35. The van der Waals surface area contributed by atoms with Gasteiger partial charge in [0.15, 0.2) is 0 Å². The van der Waals surface area contributed by atoms with E-state index in [0.717, 1.165) is 12.8 Å². The van der Waals surface area contributed by atoms with Crippen LogP contribution in [0.1, 0.15) is 72.1 Å².